The molecule has 15 heavy (non-hydrogen) atoms. The van der Waals surface area contributed by atoms with E-state index in [0.717, 1.165) is 0 Å². The van der Waals surface area contributed by atoms with Crippen molar-refractivity contribution in [1.82, 2.24) is 4.31 Å². The van der Waals surface area contributed by atoms with Crippen LogP contribution in [-0.4, -0.2) is 55.5 Å². The maximum atomic E-state index is 11.8. The lowest BCUT2D eigenvalue weighted by Gasteiger charge is -2.41. The third kappa shape index (κ3) is 1.91. The van der Waals surface area contributed by atoms with Crippen LogP contribution in [0.25, 0.3) is 0 Å². The van der Waals surface area contributed by atoms with Gasteiger partial charge in [0.25, 0.3) is 0 Å². The highest BCUT2D eigenvalue weighted by molar-refractivity contribution is 7.89. The van der Waals surface area contributed by atoms with Crippen LogP contribution in [0.5, 0.6) is 0 Å². The standard InChI is InChI=1S/C9H17NO4S/c11-8-9(2-5-14-6-3-9)10-4-1-7-15(10,12)13/h11H,1-8H2. The monoisotopic (exact) mass is 235 g/mol. The summed E-state index contributed by atoms with van der Waals surface area (Å²) in [4.78, 5) is 0. The molecule has 6 heteroatoms. The zero-order chi connectivity index (χ0) is 10.9. The van der Waals surface area contributed by atoms with E-state index in [2.05, 4.69) is 0 Å². The molecule has 2 saturated heterocycles. The largest absolute Gasteiger partial charge is 0.394 e. The summed E-state index contributed by atoms with van der Waals surface area (Å²) in [6.07, 6.45) is 1.87. The third-order valence-corrected chi connectivity index (χ3v) is 5.39. The molecule has 0 saturated carbocycles. The molecule has 2 rings (SSSR count). The SMILES string of the molecule is O=S1(=O)CCCN1C1(CO)CCOCC1. The Balaban J connectivity index is 2.25. The zero-order valence-electron chi connectivity index (χ0n) is 8.68. The van der Waals surface area contributed by atoms with Crippen molar-refractivity contribution in [3.8, 4) is 0 Å². The number of hydrogen-bond acceptors (Lipinski definition) is 4. The Bertz CT molecular complexity index is 321. The smallest absolute Gasteiger partial charge is 0.214 e. The molecule has 0 atom stereocenters. The van der Waals surface area contributed by atoms with E-state index < -0.39 is 15.6 Å². The molecule has 1 N–H and O–H groups in total. The van der Waals surface area contributed by atoms with E-state index in [1.54, 1.807) is 0 Å². The van der Waals surface area contributed by atoms with Crippen LogP contribution in [0.1, 0.15) is 19.3 Å². The van der Waals surface area contributed by atoms with Crippen LogP contribution in [0.4, 0.5) is 0 Å². The van der Waals surface area contributed by atoms with Gasteiger partial charge < -0.3 is 9.84 Å². The summed E-state index contributed by atoms with van der Waals surface area (Å²) in [7, 11) is -3.14. The van der Waals surface area contributed by atoms with Crippen molar-refractivity contribution in [2.45, 2.75) is 24.8 Å². The minimum atomic E-state index is -3.14. The highest BCUT2D eigenvalue weighted by Crippen LogP contribution is 2.33. The van der Waals surface area contributed by atoms with E-state index in [4.69, 9.17) is 4.74 Å². The Morgan fingerprint density at radius 3 is 2.47 bits per heavy atom. The minimum absolute atomic E-state index is 0.102. The van der Waals surface area contributed by atoms with Crippen molar-refractivity contribution in [3.05, 3.63) is 0 Å². The summed E-state index contributed by atoms with van der Waals surface area (Å²) >= 11 is 0. The van der Waals surface area contributed by atoms with Crippen LogP contribution in [0.15, 0.2) is 0 Å². The Morgan fingerprint density at radius 2 is 2.00 bits per heavy atom. The van der Waals surface area contributed by atoms with Crippen molar-refractivity contribution >= 4 is 10.0 Å². The first-order valence-electron chi connectivity index (χ1n) is 5.30. The molecule has 0 amide bonds. The van der Waals surface area contributed by atoms with Gasteiger partial charge in [0.05, 0.1) is 17.9 Å². The zero-order valence-corrected chi connectivity index (χ0v) is 9.50. The number of sulfonamides is 1. The number of ether oxygens (including phenoxy) is 1. The van der Waals surface area contributed by atoms with E-state index >= 15 is 0 Å². The molecule has 0 aromatic rings. The van der Waals surface area contributed by atoms with Crippen molar-refractivity contribution in [2.24, 2.45) is 0 Å². The molecule has 0 aromatic carbocycles. The van der Waals surface area contributed by atoms with E-state index in [-0.39, 0.29) is 12.4 Å². The lowest BCUT2D eigenvalue weighted by atomic mass is 9.91. The maximum Gasteiger partial charge on any atom is 0.214 e. The fourth-order valence-corrected chi connectivity index (χ4v) is 4.36. The number of hydrogen-bond donors (Lipinski definition) is 1. The number of aliphatic hydroxyl groups is 1. The van der Waals surface area contributed by atoms with Crippen LogP contribution in [0, 0.1) is 0 Å². The molecule has 2 aliphatic rings. The fourth-order valence-electron chi connectivity index (χ4n) is 2.41. The van der Waals surface area contributed by atoms with Gasteiger partial charge in [0, 0.05) is 19.8 Å². The quantitative estimate of drug-likeness (QED) is 0.705. The molecular formula is C9H17NO4S. The van der Waals surface area contributed by atoms with Crippen LogP contribution >= 0.6 is 0 Å². The molecule has 0 unspecified atom stereocenters. The van der Waals surface area contributed by atoms with Crippen LogP contribution < -0.4 is 0 Å². The summed E-state index contributed by atoms with van der Waals surface area (Å²) in [5.74, 6) is 0.218. The normalized spacial score (nSPS) is 30.5. The highest BCUT2D eigenvalue weighted by Gasteiger charge is 2.46. The lowest BCUT2D eigenvalue weighted by Crippen LogP contribution is -2.55. The first-order chi connectivity index (χ1) is 7.11. The van der Waals surface area contributed by atoms with E-state index in [9.17, 15) is 13.5 Å². The van der Waals surface area contributed by atoms with Crippen molar-refractivity contribution < 1.29 is 18.3 Å². The van der Waals surface area contributed by atoms with Crippen molar-refractivity contribution in [1.29, 1.82) is 0 Å². The summed E-state index contributed by atoms with van der Waals surface area (Å²) in [5.41, 5.74) is -0.590. The second-order valence-electron chi connectivity index (χ2n) is 4.24. The summed E-state index contributed by atoms with van der Waals surface area (Å²) in [5, 5.41) is 9.47. The van der Waals surface area contributed by atoms with Gasteiger partial charge in [-0.3, -0.25) is 0 Å². The molecule has 0 radical (unpaired) electrons. The van der Waals surface area contributed by atoms with Crippen LogP contribution in [0.2, 0.25) is 0 Å². The molecule has 0 spiro atoms. The predicted molar refractivity (Wildman–Crippen MR) is 55.0 cm³/mol. The van der Waals surface area contributed by atoms with Gasteiger partial charge in [0.1, 0.15) is 0 Å². The summed E-state index contributed by atoms with van der Waals surface area (Å²) < 4.78 is 30.3. The Kier molecular flexibility index (Phi) is 3.03. The fraction of sp³-hybridized carbons (Fsp3) is 1.00. The number of rotatable bonds is 2. The van der Waals surface area contributed by atoms with Gasteiger partial charge in [-0.25, -0.2) is 8.42 Å². The number of aliphatic hydroxyl groups excluding tert-OH is 1. The highest BCUT2D eigenvalue weighted by atomic mass is 32.2. The van der Waals surface area contributed by atoms with Crippen molar-refractivity contribution in [2.75, 3.05) is 32.1 Å². The van der Waals surface area contributed by atoms with Crippen LogP contribution in [-0.2, 0) is 14.8 Å². The summed E-state index contributed by atoms with van der Waals surface area (Å²) in [6.45, 7) is 1.51. The van der Waals surface area contributed by atoms with Crippen molar-refractivity contribution in [3.63, 3.8) is 0 Å². The van der Waals surface area contributed by atoms with E-state index in [1.807, 2.05) is 0 Å². The molecule has 2 aliphatic heterocycles. The Hall–Kier alpha value is -0.170. The molecule has 88 valence electrons. The van der Waals surface area contributed by atoms with E-state index in [0.29, 0.717) is 39.0 Å². The third-order valence-electron chi connectivity index (χ3n) is 3.35. The first kappa shape index (κ1) is 11.3. The summed E-state index contributed by atoms with van der Waals surface area (Å²) in [6, 6.07) is 0. The van der Waals surface area contributed by atoms with Gasteiger partial charge in [-0.1, -0.05) is 0 Å². The van der Waals surface area contributed by atoms with Gasteiger partial charge in [-0.05, 0) is 19.3 Å². The average Bonchev–Trinajstić information content (AvgIpc) is 2.60. The van der Waals surface area contributed by atoms with Crippen LogP contribution in [0.3, 0.4) is 0 Å². The van der Waals surface area contributed by atoms with Gasteiger partial charge >= 0.3 is 0 Å². The second kappa shape index (κ2) is 4.01. The molecule has 2 heterocycles. The Morgan fingerprint density at radius 1 is 1.33 bits per heavy atom. The molecule has 0 bridgehead atoms. The lowest BCUT2D eigenvalue weighted by molar-refractivity contribution is -0.0205. The first-order valence-corrected chi connectivity index (χ1v) is 6.91. The molecular weight excluding hydrogens is 218 g/mol. The molecule has 0 aromatic heterocycles. The number of nitrogens with zero attached hydrogens (tertiary/aromatic N) is 1. The van der Waals surface area contributed by atoms with Gasteiger partial charge in [-0.15, -0.1) is 0 Å². The Labute approximate surface area is 90.1 Å². The topological polar surface area (TPSA) is 66.8 Å². The van der Waals surface area contributed by atoms with Gasteiger partial charge in [0.15, 0.2) is 0 Å². The second-order valence-corrected chi connectivity index (χ2v) is 6.25. The van der Waals surface area contributed by atoms with E-state index in [1.165, 1.54) is 4.31 Å². The van der Waals surface area contributed by atoms with Gasteiger partial charge in [0.2, 0.25) is 10.0 Å². The molecule has 0 aliphatic carbocycles. The molecule has 5 nitrogen and oxygen atoms in total. The average molecular weight is 235 g/mol. The maximum absolute atomic E-state index is 11.8. The predicted octanol–water partition coefficient (Wildman–Crippen LogP) is -0.437. The van der Waals surface area contributed by atoms with Gasteiger partial charge in [-0.2, -0.15) is 4.31 Å². The minimum Gasteiger partial charge on any atom is -0.394 e. The molecule has 2 fully saturated rings.